The maximum absolute atomic E-state index is 12.9. The van der Waals surface area contributed by atoms with Crippen molar-refractivity contribution in [1.29, 1.82) is 0 Å². The first-order valence-electron chi connectivity index (χ1n) is 9.39. The highest BCUT2D eigenvalue weighted by Crippen LogP contribution is 2.25. The number of carbonyl (C=O) groups excluding carboxylic acids is 1. The second-order valence-corrected chi connectivity index (χ2v) is 7.15. The van der Waals surface area contributed by atoms with Crippen LogP contribution in [0, 0.1) is 13.8 Å². The number of hydrogen-bond acceptors (Lipinski definition) is 3. The summed E-state index contributed by atoms with van der Waals surface area (Å²) in [7, 11) is 0. The summed E-state index contributed by atoms with van der Waals surface area (Å²) in [5.74, 6) is 0.968. The van der Waals surface area contributed by atoms with Gasteiger partial charge >= 0.3 is 0 Å². The average Bonchev–Trinajstić information content (AvgIpc) is 3.16. The van der Waals surface area contributed by atoms with Gasteiger partial charge < -0.3 is 9.47 Å². The molecule has 6 nitrogen and oxygen atoms in total. The Bertz CT molecular complexity index is 917. The minimum Gasteiger partial charge on any atom is -0.341 e. The van der Waals surface area contributed by atoms with Crippen molar-refractivity contribution in [1.82, 2.24) is 24.2 Å². The molecule has 136 valence electrons. The Kier molecular flexibility index (Phi) is 4.49. The number of carbonyl (C=O) groups is 1. The van der Waals surface area contributed by atoms with Crippen LogP contribution >= 0.6 is 0 Å². The quantitative estimate of drug-likeness (QED) is 0.728. The molecule has 3 aromatic heterocycles. The van der Waals surface area contributed by atoms with E-state index in [2.05, 4.69) is 13.0 Å². The van der Waals surface area contributed by atoms with Crippen LogP contribution in [0.5, 0.6) is 0 Å². The molecule has 0 atom stereocenters. The first-order chi connectivity index (χ1) is 12.6. The maximum Gasteiger partial charge on any atom is 0.244 e. The Morgan fingerprint density at radius 3 is 2.46 bits per heavy atom. The monoisotopic (exact) mass is 351 g/mol. The third kappa shape index (κ3) is 3.11. The number of aryl methyl sites for hydroxylation is 2. The molecule has 3 aromatic rings. The summed E-state index contributed by atoms with van der Waals surface area (Å²) in [6, 6.07) is 6.02. The zero-order valence-electron chi connectivity index (χ0n) is 15.5. The lowest BCUT2D eigenvalue weighted by atomic mass is 10.2. The number of nitrogens with zero attached hydrogens (tertiary/aromatic N) is 5. The second-order valence-electron chi connectivity index (χ2n) is 7.15. The molecule has 1 aliphatic heterocycles. The van der Waals surface area contributed by atoms with Crippen LogP contribution in [0.2, 0.25) is 0 Å². The Morgan fingerprint density at radius 2 is 1.77 bits per heavy atom. The van der Waals surface area contributed by atoms with Crippen LogP contribution < -0.4 is 0 Å². The molecule has 0 radical (unpaired) electrons. The number of hydrogen-bond donors (Lipinski definition) is 0. The van der Waals surface area contributed by atoms with Crippen LogP contribution in [-0.4, -0.2) is 43.2 Å². The van der Waals surface area contributed by atoms with Crippen molar-refractivity contribution in [2.75, 3.05) is 13.1 Å². The van der Waals surface area contributed by atoms with E-state index in [1.807, 2.05) is 40.9 Å². The van der Waals surface area contributed by atoms with Crippen molar-refractivity contribution < 1.29 is 4.79 Å². The molecule has 6 heteroatoms. The van der Waals surface area contributed by atoms with Crippen LogP contribution in [0.15, 0.2) is 30.6 Å². The summed E-state index contributed by atoms with van der Waals surface area (Å²) >= 11 is 0. The molecule has 1 fully saturated rings. The Labute approximate surface area is 153 Å². The predicted molar refractivity (Wildman–Crippen MR) is 101 cm³/mol. The van der Waals surface area contributed by atoms with Gasteiger partial charge in [-0.3, -0.25) is 4.79 Å². The van der Waals surface area contributed by atoms with E-state index < -0.39 is 0 Å². The molecule has 0 spiro atoms. The highest BCUT2D eigenvalue weighted by molar-refractivity contribution is 5.88. The number of pyridine rings is 1. The van der Waals surface area contributed by atoms with Gasteiger partial charge in [0.2, 0.25) is 5.91 Å². The molecule has 0 unspecified atom stereocenters. The van der Waals surface area contributed by atoms with E-state index in [9.17, 15) is 4.79 Å². The van der Waals surface area contributed by atoms with Gasteiger partial charge in [-0.25, -0.2) is 9.67 Å². The fourth-order valence-corrected chi connectivity index (χ4v) is 3.81. The molecular formula is C20H25N5O. The standard InChI is InChI=1S/C20H25N5O/c1-15-13-16(2)21-19-18(15)20(24-11-7-8-12-24)22-25(19)14-17(26)23-9-5-3-4-6-10-23/h7-8,11-13H,3-6,9-10,14H2,1-2H3. The number of amides is 1. The molecule has 4 heterocycles. The third-order valence-corrected chi connectivity index (χ3v) is 5.10. The first kappa shape index (κ1) is 16.8. The van der Waals surface area contributed by atoms with Crippen molar-refractivity contribution in [3.63, 3.8) is 0 Å². The zero-order valence-corrected chi connectivity index (χ0v) is 15.5. The van der Waals surface area contributed by atoms with Gasteiger partial charge in [0.25, 0.3) is 0 Å². The van der Waals surface area contributed by atoms with E-state index in [0.717, 1.165) is 54.0 Å². The van der Waals surface area contributed by atoms with Crippen molar-refractivity contribution >= 4 is 16.9 Å². The lowest BCUT2D eigenvalue weighted by molar-refractivity contribution is -0.131. The van der Waals surface area contributed by atoms with Crippen molar-refractivity contribution in [2.45, 2.75) is 46.1 Å². The molecule has 1 aliphatic rings. The normalized spacial score (nSPS) is 15.4. The predicted octanol–water partition coefficient (Wildman–Crippen LogP) is 3.24. The molecule has 26 heavy (non-hydrogen) atoms. The lowest BCUT2D eigenvalue weighted by Crippen LogP contribution is -2.34. The van der Waals surface area contributed by atoms with Gasteiger partial charge in [-0.15, -0.1) is 0 Å². The third-order valence-electron chi connectivity index (χ3n) is 5.10. The summed E-state index contributed by atoms with van der Waals surface area (Å²) in [5, 5.41) is 5.77. The maximum atomic E-state index is 12.9. The number of rotatable bonds is 3. The second kappa shape index (κ2) is 6.94. The van der Waals surface area contributed by atoms with Gasteiger partial charge in [-0.05, 0) is 50.5 Å². The molecular weight excluding hydrogens is 326 g/mol. The molecule has 0 N–H and O–H groups in total. The molecule has 0 aromatic carbocycles. The zero-order chi connectivity index (χ0) is 18.1. The average molecular weight is 351 g/mol. The molecule has 0 bridgehead atoms. The van der Waals surface area contributed by atoms with Crippen molar-refractivity contribution in [3.05, 3.63) is 41.9 Å². The molecule has 1 amide bonds. The van der Waals surface area contributed by atoms with E-state index in [4.69, 9.17) is 10.1 Å². The van der Waals surface area contributed by atoms with E-state index in [0.29, 0.717) is 0 Å². The molecule has 4 rings (SSSR count). The Hall–Kier alpha value is -2.63. The fraction of sp³-hybridized carbons (Fsp3) is 0.450. The summed E-state index contributed by atoms with van der Waals surface area (Å²) in [6.07, 6.45) is 8.57. The minimum absolute atomic E-state index is 0.135. The summed E-state index contributed by atoms with van der Waals surface area (Å²) < 4.78 is 3.76. The SMILES string of the molecule is Cc1cc(C)c2c(-n3cccc3)nn(CC(=O)N3CCCCCC3)c2n1. The fourth-order valence-electron chi connectivity index (χ4n) is 3.81. The number of likely N-dealkylation sites (tertiary alicyclic amines) is 1. The highest BCUT2D eigenvalue weighted by atomic mass is 16.2. The van der Waals surface area contributed by atoms with Gasteiger partial charge in [0.05, 0.1) is 5.39 Å². The number of aromatic nitrogens is 4. The largest absolute Gasteiger partial charge is 0.341 e. The number of fused-ring (bicyclic) bond motifs is 1. The molecule has 0 aliphatic carbocycles. The van der Waals surface area contributed by atoms with Gasteiger partial charge in [0.1, 0.15) is 6.54 Å². The summed E-state index contributed by atoms with van der Waals surface area (Å²) in [4.78, 5) is 19.5. The summed E-state index contributed by atoms with van der Waals surface area (Å²) in [6.45, 7) is 6.01. The molecule has 1 saturated heterocycles. The van der Waals surface area contributed by atoms with Crippen LogP contribution in [0.4, 0.5) is 0 Å². The Morgan fingerprint density at radius 1 is 1.08 bits per heavy atom. The van der Waals surface area contributed by atoms with Crippen LogP contribution in [-0.2, 0) is 11.3 Å². The lowest BCUT2D eigenvalue weighted by Gasteiger charge is -2.20. The summed E-state index contributed by atoms with van der Waals surface area (Å²) in [5.41, 5.74) is 2.86. The van der Waals surface area contributed by atoms with E-state index in [1.54, 1.807) is 4.68 Å². The highest BCUT2D eigenvalue weighted by Gasteiger charge is 2.21. The first-order valence-corrected chi connectivity index (χ1v) is 9.39. The minimum atomic E-state index is 0.135. The Balaban J connectivity index is 1.74. The van der Waals surface area contributed by atoms with Gasteiger partial charge in [-0.1, -0.05) is 12.8 Å². The van der Waals surface area contributed by atoms with Crippen LogP contribution in [0.25, 0.3) is 16.9 Å². The smallest absolute Gasteiger partial charge is 0.244 e. The van der Waals surface area contributed by atoms with Crippen LogP contribution in [0.1, 0.15) is 36.9 Å². The van der Waals surface area contributed by atoms with E-state index in [-0.39, 0.29) is 12.5 Å². The van der Waals surface area contributed by atoms with Crippen LogP contribution in [0.3, 0.4) is 0 Å². The van der Waals surface area contributed by atoms with Gasteiger partial charge in [0.15, 0.2) is 11.5 Å². The van der Waals surface area contributed by atoms with Gasteiger partial charge in [0, 0.05) is 31.2 Å². The van der Waals surface area contributed by atoms with E-state index >= 15 is 0 Å². The van der Waals surface area contributed by atoms with Crippen molar-refractivity contribution in [2.24, 2.45) is 0 Å². The van der Waals surface area contributed by atoms with Gasteiger partial charge in [-0.2, -0.15) is 5.10 Å². The topological polar surface area (TPSA) is 56.0 Å². The molecule has 0 saturated carbocycles. The van der Waals surface area contributed by atoms with Crippen molar-refractivity contribution in [3.8, 4) is 5.82 Å². The van der Waals surface area contributed by atoms with E-state index in [1.165, 1.54) is 12.8 Å².